The number of benzene rings is 1. The van der Waals surface area contributed by atoms with Gasteiger partial charge in [0.15, 0.2) is 0 Å². The Kier molecular flexibility index (Phi) is 6.48. The topological polar surface area (TPSA) is 37.3 Å². The molecule has 0 bridgehead atoms. The molecule has 0 aliphatic rings. The molecule has 0 radical (unpaired) electrons. The van der Waals surface area contributed by atoms with Crippen LogP contribution in [-0.4, -0.2) is 11.1 Å². The summed E-state index contributed by atoms with van der Waals surface area (Å²) < 4.78 is 0. The maximum atomic E-state index is 10.9. The molecule has 0 aliphatic heterocycles. The lowest BCUT2D eigenvalue weighted by atomic mass is 9.97. The molecule has 1 N–H and O–H groups in total. The average molecular weight is 248 g/mol. The van der Waals surface area contributed by atoms with Gasteiger partial charge in [0.25, 0.3) is 0 Å². The van der Waals surface area contributed by atoms with Crippen molar-refractivity contribution in [3.63, 3.8) is 0 Å². The molecule has 18 heavy (non-hydrogen) atoms. The average Bonchev–Trinajstić information content (AvgIpc) is 2.35. The Morgan fingerprint density at radius 3 is 2.56 bits per heavy atom. The van der Waals surface area contributed by atoms with E-state index in [0.29, 0.717) is 0 Å². The summed E-state index contributed by atoms with van der Waals surface area (Å²) in [5, 5.41) is 8.94. The van der Waals surface area contributed by atoms with E-state index in [2.05, 4.69) is 31.2 Å². The number of carbonyl (C=O) groups is 1. The van der Waals surface area contributed by atoms with Crippen molar-refractivity contribution in [2.45, 2.75) is 52.4 Å². The summed E-state index contributed by atoms with van der Waals surface area (Å²) in [6, 6.07) is 8.48. The summed E-state index contributed by atoms with van der Waals surface area (Å²) in [7, 11) is 0. The van der Waals surface area contributed by atoms with Gasteiger partial charge in [-0.2, -0.15) is 0 Å². The SMILES string of the molecule is CCC(CCCCCc1ccccc1C)C(=O)O. The van der Waals surface area contributed by atoms with Crippen molar-refractivity contribution in [1.29, 1.82) is 0 Å². The molecule has 2 heteroatoms. The number of hydrogen-bond acceptors (Lipinski definition) is 1. The van der Waals surface area contributed by atoms with Crippen LogP contribution in [0, 0.1) is 12.8 Å². The van der Waals surface area contributed by atoms with Gasteiger partial charge in [0.2, 0.25) is 0 Å². The maximum absolute atomic E-state index is 10.9. The lowest BCUT2D eigenvalue weighted by molar-refractivity contribution is -0.142. The smallest absolute Gasteiger partial charge is 0.306 e. The number of carboxylic acid groups (broad SMARTS) is 1. The van der Waals surface area contributed by atoms with Gasteiger partial charge in [-0.25, -0.2) is 0 Å². The fourth-order valence-corrected chi connectivity index (χ4v) is 2.28. The molecule has 1 atom stereocenters. The molecule has 0 saturated heterocycles. The van der Waals surface area contributed by atoms with E-state index in [9.17, 15) is 4.79 Å². The highest BCUT2D eigenvalue weighted by Crippen LogP contribution is 2.16. The Hall–Kier alpha value is -1.31. The van der Waals surface area contributed by atoms with E-state index in [1.165, 1.54) is 11.1 Å². The predicted molar refractivity (Wildman–Crippen MR) is 74.8 cm³/mol. The molecule has 100 valence electrons. The fraction of sp³-hybridized carbons (Fsp3) is 0.562. The number of rotatable bonds is 8. The second-order valence-electron chi connectivity index (χ2n) is 4.97. The number of unbranched alkanes of at least 4 members (excludes halogenated alkanes) is 2. The summed E-state index contributed by atoms with van der Waals surface area (Å²) in [4.78, 5) is 10.9. The summed E-state index contributed by atoms with van der Waals surface area (Å²) in [5.41, 5.74) is 2.78. The first-order chi connectivity index (χ1) is 8.65. The molecule has 0 aliphatic carbocycles. The summed E-state index contributed by atoms with van der Waals surface area (Å²) >= 11 is 0. The van der Waals surface area contributed by atoms with Gasteiger partial charge in [0, 0.05) is 0 Å². The minimum absolute atomic E-state index is 0.150. The van der Waals surface area contributed by atoms with Crippen molar-refractivity contribution in [3.8, 4) is 0 Å². The van der Waals surface area contributed by atoms with E-state index in [-0.39, 0.29) is 5.92 Å². The third-order valence-electron chi connectivity index (χ3n) is 3.60. The van der Waals surface area contributed by atoms with E-state index in [4.69, 9.17) is 5.11 Å². The Labute approximate surface area is 110 Å². The van der Waals surface area contributed by atoms with Crippen LogP contribution in [0.1, 0.15) is 50.2 Å². The van der Waals surface area contributed by atoms with Gasteiger partial charge in [0.05, 0.1) is 5.92 Å². The van der Waals surface area contributed by atoms with Crippen LogP contribution in [0.15, 0.2) is 24.3 Å². The van der Waals surface area contributed by atoms with Gasteiger partial charge >= 0.3 is 5.97 Å². The first-order valence-electron chi connectivity index (χ1n) is 6.92. The lowest BCUT2D eigenvalue weighted by Gasteiger charge is -2.09. The molecule has 0 saturated carbocycles. The third-order valence-corrected chi connectivity index (χ3v) is 3.60. The highest BCUT2D eigenvalue weighted by atomic mass is 16.4. The fourth-order valence-electron chi connectivity index (χ4n) is 2.28. The zero-order valence-corrected chi connectivity index (χ0v) is 11.5. The van der Waals surface area contributed by atoms with Gasteiger partial charge in [0.1, 0.15) is 0 Å². The minimum Gasteiger partial charge on any atom is -0.481 e. The number of hydrogen-bond donors (Lipinski definition) is 1. The lowest BCUT2D eigenvalue weighted by Crippen LogP contribution is -2.12. The first-order valence-corrected chi connectivity index (χ1v) is 6.92. The second kappa shape index (κ2) is 7.91. The minimum atomic E-state index is -0.642. The normalized spacial score (nSPS) is 12.3. The summed E-state index contributed by atoms with van der Waals surface area (Å²) in [6.07, 6.45) is 5.97. The standard InChI is InChI=1S/C16H24O2/c1-3-14(16(17)18)10-5-4-6-11-15-12-8-7-9-13(15)2/h7-9,12,14H,3-6,10-11H2,1-2H3,(H,17,18). The molecule has 1 aromatic rings. The molecule has 0 amide bonds. The first kappa shape index (κ1) is 14.7. The van der Waals surface area contributed by atoms with E-state index < -0.39 is 5.97 Å². The van der Waals surface area contributed by atoms with E-state index >= 15 is 0 Å². The second-order valence-corrected chi connectivity index (χ2v) is 4.97. The van der Waals surface area contributed by atoms with Gasteiger partial charge in [-0.3, -0.25) is 4.79 Å². The van der Waals surface area contributed by atoms with Gasteiger partial charge in [-0.15, -0.1) is 0 Å². The summed E-state index contributed by atoms with van der Waals surface area (Å²) in [6.45, 7) is 4.10. The predicted octanol–water partition coefficient (Wildman–Crippen LogP) is 4.21. The number of aryl methyl sites for hydroxylation is 2. The van der Waals surface area contributed by atoms with Crippen LogP contribution < -0.4 is 0 Å². The van der Waals surface area contributed by atoms with E-state index in [1.807, 2.05) is 6.92 Å². The highest BCUT2D eigenvalue weighted by Gasteiger charge is 2.13. The van der Waals surface area contributed by atoms with E-state index in [0.717, 1.165) is 38.5 Å². The van der Waals surface area contributed by atoms with Crippen LogP contribution >= 0.6 is 0 Å². The van der Waals surface area contributed by atoms with Crippen LogP contribution in [0.2, 0.25) is 0 Å². The van der Waals surface area contributed by atoms with Gasteiger partial charge in [-0.05, 0) is 43.7 Å². The largest absolute Gasteiger partial charge is 0.481 e. The van der Waals surface area contributed by atoms with Crippen molar-refractivity contribution < 1.29 is 9.90 Å². The molecule has 1 rings (SSSR count). The molecule has 1 unspecified atom stereocenters. The highest BCUT2D eigenvalue weighted by molar-refractivity contribution is 5.69. The molecule has 0 spiro atoms. The Morgan fingerprint density at radius 1 is 1.22 bits per heavy atom. The number of aliphatic carboxylic acids is 1. The zero-order chi connectivity index (χ0) is 13.4. The van der Waals surface area contributed by atoms with Crippen LogP contribution in [0.5, 0.6) is 0 Å². The van der Waals surface area contributed by atoms with Crippen LogP contribution in [0.3, 0.4) is 0 Å². The zero-order valence-electron chi connectivity index (χ0n) is 11.5. The Balaban J connectivity index is 2.19. The van der Waals surface area contributed by atoms with Gasteiger partial charge in [-0.1, -0.05) is 44.0 Å². The van der Waals surface area contributed by atoms with E-state index in [1.54, 1.807) is 0 Å². The molecule has 0 aromatic heterocycles. The maximum Gasteiger partial charge on any atom is 0.306 e. The van der Waals surface area contributed by atoms with Crippen molar-refractivity contribution >= 4 is 5.97 Å². The van der Waals surface area contributed by atoms with Crippen molar-refractivity contribution in [2.75, 3.05) is 0 Å². The molecular weight excluding hydrogens is 224 g/mol. The Morgan fingerprint density at radius 2 is 1.94 bits per heavy atom. The number of carboxylic acids is 1. The van der Waals surface area contributed by atoms with Crippen LogP contribution in [0.4, 0.5) is 0 Å². The molecule has 1 aromatic carbocycles. The van der Waals surface area contributed by atoms with Crippen molar-refractivity contribution in [3.05, 3.63) is 35.4 Å². The summed E-state index contributed by atoms with van der Waals surface area (Å²) in [5.74, 6) is -0.792. The Bertz CT molecular complexity index is 371. The van der Waals surface area contributed by atoms with Crippen molar-refractivity contribution in [1.82, 2.24) is 0 Å². The third kappa shape index (κ3) is 4.91. The van der Waals surface area contributed by atoms with Gasteiger partial charge < -0.3 is 5.11 Å². The van der Waals surface area contributed by atoms with Crippen molar-refractivity contribution in [2.24, 2.45) is 5.92 Å². The molecule has 0 heterocycles. The van der Waals surface area contributed by atoms with Crippen LogP contribution in [-0.2, 0) is 11.2 Å². The molecular formula is C16H24O2. The molecule has 2 nitrogen and oxygen atoms in total. The monoisotopic (exact) mass is 248 g/mol. The quantitative estimate of drug-likeness (QED) is 0.700. The molecule has 0 fully saturated rings. The van der Waals surface area contributed by atoms with Crippen LogP contribution in [0.25, 0.3) is 0 Å².